The molecule has 0 aliphatic rings. The van der Waals surface area contributed by atoms with Gasteiger partial charge in [-0.25, -0.2) is 9.97 Å². The number of ether oxygens (including phenoxy) is 1. The van der Waals surface area contributed by atoms with Crippen LogP contribution >= 0.6 is 11.8 Å². The Morgan fingerprint density at radius 3 is 2.68 bits per heavy atom. The van der Waals surface area contributed by atoms with Gasteiger partial charge in [-0.1, -0.05) is 12.1 Å². The maximum atomic E-state index is 9.04. The Labute approximate surface area is 134 Å². The highest BCUT2D eigenvalue weighted by Crippen LogP contribution is 2.23. The molecule has 0 fully saturated rings. The van der Waals surface area contributed by atoms with Crippen molar-refractivity contribution in [2.45, 2.75) is 17.9 Å². The minimum Gasteiger partial charge on any atom is -0.384 e. The molecule has 1 aromatic heterocycles. The van der Waals surface area contributed by atoms with Crippen molar-refractivity contribution in [2.24, 2.45) is 0 Å². The molecule has 0 saturated carbocycles. The first-order valence-corrected chi connectivity index (χ1v) is 7.92. The monoisotopic (exact) mass is 314 g/mol. The lowest BCUT2D eigenvalue weighted by atomic mass is 10.1. The van der Waals surface area contributed by atoms with Crippen LogP contribution in [0.1, 0.15) is 24.2 Å². The van der Waals surface area contributed by atoms with Gasteiger partial charge in [0.05, 0.1) is 12.6 Å². The highest BCUT2D eigenvalue weighted by molar-refractivity contribution is 7.99. The van der Waals surface area contributed by atoms with Gasteiger partial charge in [0.2, 0.25) is 0 Å². The van der Waals surface area contributed by atoms with Crippen molar-refractivity contribution in [3.05, 3.63) is 47.9 Å². The van der Waals surface area contributed by atoms with Crippen molar-refractivity contribution in [1.82, 2.24) is 9.97 Å². The zero-order valence-electron chi connectivity index (χ0n) is 12.6. The highest BCUT2D eigenvalue weighted by Gasteiger charge is 2.10. The van der Waals surface area contributed by atoms with Crippen LogP contribution in [0.15, 0.2) is 41.6 Å². The van der Waals surface area contributed by atoms with E-state index in [0.29, 0.717) is 11.5 Å². The second-order valence-electron chi connectivity index (χ2n) is 4.64. The topological polar surface area (TPSA) is 70.8 Å². The lowest BCUT2D eigenvalue weighted by Gasteiger charge is -2.15. The summed E-state index contributed by atoms with van der Waals surface area (Å²) in [5.41, 5.74) is 1.44. The van der Waals surface area contributed by atoms with Crippen LogP contribution in [-0.4, -0.2) is 29.4 Å². The number of hydrogen-bond acceptors (Lipinski definition) is 6. The molecule has 0 saturated heterocycles. The van der Waals surface area contributed by atoms with Gasteiger partial charge in [-0.15, -0.1) is 11.8 Å². The predicted octanol–water partition coefficient (Wildman–Crippen LogP) is 3.26. The predicted molar refractivity (Wildman–Crippen MR) is 87.8 cm³/mol. The van der Waals surface area contributed by atoms with Crippen LogP contribution in [0.5, 0.6) is 0 Å². The van der Waals surface area contributed by atoms with Gasteiger partial charge in [-0.3, -0.25) is 0 Å². The molecule has 0 bridgehead atoms. The zero-order chi connectivity index (χ0) is 15.8. The lowest BCUT2D eigenvalue weighted by molar-refractivity contribution is 0.218. The molecule has 2 rings (SSSR count). The Morgan fingerprint density at radius 2 is 2.00 bits per heavy atom. The first kappa shape index (κ1) is 16.3. The highest BCUT2D eigenvalue weighted by atomic mass is 32.2. The van der Waals surface area contributed by atoms with E-state index in [1.165, 1.54) is 11.1 Å². The van der Waals surface area contributed by atoms with Crippen LogP contribution < -0.4 is 5.32 Å². The van der Waals surface area contributed by atoms with E-state index in [-0.39, 0.29) is 6.04 Å². The van der Waals surface area contributed by atoms with Crippen molar-refractivity contribution in [3.63, 3.8) is 0 Å². The van der Waals surface area contributed by atoms with Crippen molar-refractivity contribution >= 4 is 17.6 Å². The van der Waals surface area contributed by atoms with Crippen molar-refractivity contribution in [1.29, 1.82) is 5.26 Å². The molecule has 5 nitrogen and oxygen atoms in total. The Bertz CT molecular complexity index is 639. The van der Waals surface area contributed by atoms with Gasteiger partial charge >= 0.3 is 0 Å². The summed E-state index contributed by atoms with van der Waals surface area (Å²) in [4.78, 5) is 9.38. The molecular weight excluding hydrogens is 296 g/mol. The minimum absolute atomic E-state index is 0.0434. The molecule has 1 atom stereocenters. The van der Waals surface area contributed by atoms with Crippen molar-refractivity contribution in [2.75, 3.05) is 24.8 Å². The third kappa shape index (κ3) is 4.45. The zero-order valence-corrected chi connectivity index (χ0v) is 13.4. The van der Waals surface area contributed by atoms with E-state index in [1.807, 2.05) is 13.0 Å². The van der Waals surface area contributed by atoms with Crippen LogP contribution in [0.3, 0.4) is 0 Å². The molecule has 2 aromatic rings. The largest absolute Gasteiger partial charge is 0.384 e. The molecule has 0 spiro atoms. The number of nitrogens with zero attached hydrogens (tertiary/aromatic N) is 3. The molecule has 0 amide bonds. The minimum atomic E-state index is 0.0434. The maximum absolute atomic E-state index is 9.04. The van der Waals surface area contributed by atoms with E-state index in [4.69, 9.17) is 10.00 Å². The molecule has 0 radical (unpaired) electrons. The van der Waals surface area contributed by atoms with Gasteiger partial charge in [0.15, 0.2) is 11.5 Å². The summed E-state index contributed by atoms with van der Waals surface area (Å²) in [6, 6.07) is 10.4. The van der Waals surface area contributed by atoms with Crippen LogP contribution in [0.25, 0.3) is 0 Å². The first-order valence-electron chi connectivity index (χ1n) is 6.94. The number of benzene rings is 1. The second-order valence-corrected chi connectivity index (χ2v) is 5.81. The maximum Gasteiger partial charge on any atom is 0.182 e. The van der Waals surface area contributed by atoms with Crippen LogP contribution in [0, 0.1) is 11.3 Å². The molecule has 22 heavy (non-hydrogen) atoms. The molecule has 1 aromatic carbocycles. The summed E-state index contributed by atoms with van der Waals surface area (Å²) in [5.74, 6) is 1.45. The molecule has 114 valence electrons. The number of rotatable bonds is 7. The average Bonchev–Trinajstić information content (AvgIpc) is 2.56. The standard InChI is InChI=1S/C16H18N4OS/c1-12(20-16-15(11-17)18-7-8-19-16)13-3-5-14(6-4-13)22-10-9-21-2/h3-8,12H,9-10H2,1-2H3,(H,19,20)/t12-/m1/s1. The summed E-state index contributed by atoms with van der Waals surface area (Å²) in [6.07, 6.45) is 3.09. The third-order valence-electron chi connectivity index (χ3n) is 3.09. The number of nitrogens with one attached hydrogen (secondary N) is 1. The van der Waals surface area contributed by atoms with E-state index in [9.17, 15) is 0 Å². The molecule has 6 heteroatoms. The number of methoxy groups -OCH3 is 1. The summed E-state index contributed by atoms with van der Waals surface area (Å²) in [5, 5.41) is 12.3. The fraction of sp³-hybridized carbons (Fsp3) is 0.312. The Kier molecular flexibility index (Phi) is 6.19. The molecule has 0 aliphatic carbocycles. The number of aromatic nitrogens is 2. The average molecular weight is 314 g/mol. The molecule has 1 heterocycles. The van der Waals surface area contributed by atoms with Gasteiger partial charge in [-0.2, -0.15) is 5.26 Å². The Hall–Kier alpha value is -2.10. The fourth-order valence-corrected chi connectivity index (χ4v) is 2.72. The van der Waals surface area contributed by atoms with Gasteiger partial charge < -0.3 is 10.1 Å². The summed E-state index contributed by atoms with van der Waals surface area (Å²) >= 11 is 1.76. The van der Waals surface area contributed by atoms with E-state index in [2.05, 4.69) is 39.6 Å². The molecular formula is C16H18N4OS. The quantitative estimate of drug-likeness (QED) is 0.625. The van der Waals surface area contributed by atoms with E-state index in [1.54, 1.807) is 25.1 Å². The fourth-order valence-electron chi connectivity index (χ4n) is 1.91. The van der Waals surface area contributed by atoms with Gasteiger partial charge in [-0.05, 0) is 24.6 Å². The number of hydrogen-bond donors (Lipinski definition) is 1. The van der Waals surface area contributed by atoms with Crippen LogP contribution in [0.2, 0.25) is 0 Å². The molecule has 1 N–H and O–H groups in total. The van der Waals surface area contributed by atoms with E-state index < -0.39 is 0 Å². The summed E-state index contributed by atoms with van der Waals surface area (Å²) in [6.45, 7) is 2.77. The SMILES string of the molecule is COCCSc1ccc([C@@H](C)Nc2nccnc2C#N)cc1. The van der Waals surface area contributed by atoms with Crippen LogP contribution in [-0.2, 0) is 4.74 Å². The first-order chi connectivity index (χ1) is 10.7. The van der Waals surface area contributed by atoms with Gasteiger partial charge in [0.25, 0.3) is 0 Å². The summed E-state index contributed by atoms with van der Waals surface area (Å²) < 4.78 is 5.04. The number of nitriles is 1. The smallest absolute Gasteiger partial charge is 0.182 e. The third-order valence-corrected chi connectivity index (χ3v) is 4.07. The number of anilines is 1. The van der Waals surface area contributed by atoms with E-state index >= 15 is 0 Å². The normalized spacial score (nSPS) is 11.7. The Morgan fingerprint density at radius 1 is 1.27 bits per heavy atom. The van der Waals surface area contributed by atoms with Gasteiger partial charge in [0, 0.05) is 30.2 Å². The lowest BCUT2D eigenvalue weighted by Crippen LogP contribution is -2.09. The van der Waals surface area contributed by atoms with Crippen molar-refractivity contribution in [3.8, 4) is 6.07 Å². The summed E-state index contributed by atoms with van der Waals surface area (Å²) in [7, 11) is 1.71. The second kappa shape index (κ2) is 8.37. The van der Waals surface area contributed by atoms with E-state index in [0.717, 1.165) is 17.9 Å². The van der Waals surface area contributed by atoms with Crippen LogP contribution in [0.4, 0.5) is 5.82 Å². The van der Waals surface area contributed by atoms with Gasteiger partial charge in [0.1, 0.15) is 6.07 Å². The number of thioether (sulfide) groups is 1. The molecule has 0 aliphatic heterocycles. The Balaban J connectivity index is 2.00. The van der Waals surface area contributed by atoms with Crippen molar-refractivity contribution < 1.29 is 4.74 Å². The molecule has 0 unspecified atom stereocenters.